The van der Waals surface area contributed by atoms with Crippen LogP contribution in [-0.2, 0) is 9.53 Å². The van der Waals surface area contributed by atoms with Gasteiger partial charge < -0.3 is 15.4 Å². The minimum absolute atomic E-state index is 0.141. The lowest BCUT2D eigenvalue weighted by molar-refractivity contribution is -0.148. The van der Waals surface area contributed by atoms with E-state index in [0.717, 1.165) is 24.9 Å². The number of amides is 2. The van der Waals surface area contributed by atoms with Crippen molar-refractivity contribution in [2.75, 3.05) is 11.9 Å². The highest BCUT2D eigenvalue weighted by Crippen LogP contribution is 2.27. The molecule has 0 unspecified atom stereocenters. The standard InChI is InChI=1S/C15H20N2O3/c1-2-20-14(18)12-9-6-10-13(12)17-15(19)16-11-7-4-3-5-8-11/h3-5,7-8,12-13H,2,6,9-10H2,1H3,(H2,16,17,19)/t12-,13+/m1/s1. The fraction of sp³-hybridized carbons (Fsp3) is 0.467. The zero-order valence-corrected chi connectivity index (χ0v) is 11.6. The Balaban J connectivity index is 1.88. The summed E-state index contributed by atoms with van der Waals surface area (Å²) >= 11 is 0. The highest BCUT2D eigenvalue weighted by Gasteiger charge is 2.35. The average Bonchev–Trinajstić information content (AvgIpc) is 2.88. The first kappa shape index (κ1) is 14.4. The zero-order valence-electron chi connectivity index (χ0n) is 11.6. The lowest BCUT2D eigenvalue weighted by Crippen LogP contribution is -2.42. The summed E-state index contributed by atoms with van der Waals surface area (Å²) in [6.07, 6.45) is 2.51. The highest BCUT2D eigenvalue weighted by molar-refractivity contribution is 5.89. The van der Waals surface area contributed by atoms with Crippen LogP contribution < -0.4 is 10.6 Å². The molecule has 0 saturated heterocycles. The molecule has 2 amide bonds. The van der Waals surface area contributed by atoms with E-state index < -0.39 is 0 Å². The smallest absolute Gasteiger partial charge is 0.319 e. The van der Waals surface area contributed by atoms with Gasteiger partial charge in [-0.15, -0.1) is 0 Å². The third-order valence-electron chi connectivity index (χ3n) is 3.45. The number of nitrogens with one attached hydrogen (secondary N) is 2. The van der Waals surface area contributed by atoms with Crippen molar-refractivity contribution in [3.63, 3.8) is 0 Å². The van der Waals surface area contributed by atoms with Gasteiger partial charge in [0, 0.05) is 11.7 Å². The monoisotopic (exact) mass is 276 g/mol. The van der Waals surface area contributed by atoms with Crippen LogP contribution in [0.2, 0.25) is 0 Å². The van der Waals surface area contributed by atoms with Crippen LogP contribution in [0.25, 0.3) is 0 Å². The van der Waals surface area contributed by atoms with E-state index >= 15 is 0 Å². The Bertz CT molecular complexity index is 461. The normalized spacial score (nSPS) is 21.2. The fourth-order valence-corrected chi connectivity index (χ4v) is 2.52. The van der Waals surface area contributed by atoms with Gasteiger partial charge in [-0.1, -0.05) is 24.6 Å². The van der Waals surface area contributed by atoms with E-state index in [0.29, 0.717) is 6.61 Å². The Morgan fingerprint density at radius 2 is 2.00 bits per heavy atom. The minimum Gasteiger partial charge on any atom is -0.466 e. The molecule has 108 valence electrons. The summed E-state index contributed by atoms with van der Waals surface area (Å²) in [4.78, 5) is 23.7. The first-order valence-electron chi connectivity index (χ1n) is 7.00. The third kappa shape index (κ3) is 3.73. The van der Waals surface area contributed by atoms with Crippen LogP contribution >= 0.6 is 0 Å². The van der Waals surface area contributed by atoms with Gasteiger partial charge in [-0.05, 0) is 31.9 Å². The summed E-state index contributed by atoms with van der Waals surface area (Å²) < 4.78 is 5.05. The molecule has 1 aromatic carbocycles. The van der Waals surface area contributed by atoms with Crippen LogP contribution in [0.5, 0.6) is 0 Å². The van der Waals surface area contributed by atoms with Crippen LogP contribution in [0.15, 0.2) is 30.3 Å². The van der Waals surface area contributed by atoms with E-state index in [1.54, 1.807) is 6.92 Å². The van der Waals surface area contributed by atoms with Crippen molar-refractivity contribution in [1.29, 1.82) is 0 Å². The SMILES string of the molecule is CCOC(=O)[C@@H]1CCC[C@@H]1NC(=O)Nc1ccccc1. The number of para-hydroxylation sites is 1. The van der Waals surface area contributed by atoms with Gasteiger partial charge >= 0.3 is 12.0 Å². The van der Waals surface area contributed by atoms with Crippen molar-refractivity contribution < 1.29 is 14.3 Å². The predicted octanol–water partition coefficient (Wildman–Crippen LogP) is 2.54. The molecule has 1 saturated carbocycles. The van der Waals surface area contributed by atoms with Crippen molar-refractivity contribution in [2.45, 2.75) is 32.2 Å². The summed E-state index contributed by atoms with van der Waals surface area (Å²) in [6, 6.07) is 8.81. The number of carbonyl (C=O) groups excluding carboxylic acids is 2. The molecule has 0 aliphatic heterocycles. The first-order chi connectivity index (χ1) is 9.70. The highest BCUT2D eigenvalue weighted by atomic mass is 16.5. The summed E-state index contributed by atoms with van der Waals surface area (Å²) in [5.74, 6) is -0.438. The molecule has 1 fully saturated rings. The number of urea groups is 1. The van der Waals surface area contributed by atoms with Crippen molar-refractivity contribution in [1.82, 2.24) is 5.32 Å². The van der Waals surface area contributed by atoms with Gasteiger partial charge in [0.2, 0.25) is 0 Å². The molecule has 5 nitrogen and oxygen atoms in total. The Kier molecular flexibility index (Phi) is 4.98. The second-order valence-corrected chi connectivity index (χ2v) is 4.86. The van der Waals surface area contributed by atoms with Gasteiger partial charge in [0.05, 0.1) is 12.5 Å². The average molecular weight is 276 g/mol. The van der Waals surface area contributed by atoms with Gasteiger partial charge in [-0.3, -0.25) is 4.79 Å². The van der Waals surface area contributed by atoms with E-state index in [9.17, 15) is 9.59 Å². The molecular weight excluding hydrogens is 256 g/mol. The minimum atomic E-state index is -0.280. The number of esters is 1. The molecule has 0 bridgehead atoms. The van der Waals surface area contributed by atoms with E-state index in [4.69, 9.17) is 4.74 Å². The van der Waals surface area contributed by atoms with E-state index in [-0.39, 0.29) is 24.0 Å². The van der Waals surface area contributed by atoms with Crippen LogP contribution in [-0.4, -0.2) is 24.6 Å². The molecule has 1 aliphatic rings. The molecule has 0 heterocycles. The lowest BCUT2D eigenvalue weighted by Gasteiger charge is -2.19. The largest absolute Gasteiger partial charge is 0.466 e. The molecule has 0 spiro atoms. The number of benzene rings is 1. The van der Waals surface area contributed by atoms with Crippen LogP contribution in [0.3, 0.4) is 0 Å². The van der Waals surface area contributed by atoms with E-state index in [1.807, 2.05) is 30.3 Å². The maximum Gasteiger partial charge on any atom is 0.319 e. The third-order valence-corrected chi connectivity index (χ3v) is 3.45. The van der Waals surface area contributed by atoms with Crippen LogP contribution in [0.4, 0.5) is 10.5 Å². The maximum absolute atomic E-state index is 11.9. The summed E-state index contributed by atoms with van der Waals surface area (Å²) in [6.45, 7) is 2.16. The molecule has 0 aromatic heterocycles. The Morgan fingerprint density at radius 1 is 1.25 bits per heavy atom. The molecule has 20 heavy (non-hydrogen) atoms. The van der Waals surface area contributed by atoms with Crippen molar-refractivity contribution in [3.8, 4) is 0 Å². The van der Waals surface area contributed by atoms with Gasteiger partial charge in [0.15, 0.2) is 0 Å². The number of anilines is 1. The predicted molar refractivity (Wildman–Crippen MR) is 76.4 cm³/mol. The fourth-order valence-electron chi connectivity index (χ4n) is 2.52. The quantitative estimate of drug-likeness (QED) is 0.830. The Labute approximate surface area is 118 Å². The number of rotatable bonds is 4. The molecule has 2 N–H and O–H groups in total. The number of hydrogen-bond acceptors (Lipinski definition) is 3. The second kappa shape index (κ2) is 6.93. The van der Waals surface area contributed by atoms with Gasteiger partial charge in [-0.2, -0.15) is 0 Å². The molecule has 1 aromatic rings. The molecular formula is C15H20N2O3. The van der Waals surface area contributed by atoms with E-state index in [1.165, 1.54) is 0 Å². The molecule has 2 atom stereocenters. The molecule has 1 aliphatic carbocycles. The summed E-state index contributed by atoms with van der Waals surface area (Å²) in [7, 11) is 0. The second-order valence-electron chi connectivity index (χ2n) is 4.86. The zero-order chi connectivity index (χ0) is 14.4. The Morgan fingerprint density at radius 3 is 2.70 bits per heavy atom. The van der Waals surface area contributed by atoms with Crippen molar-refractivity contribution in [2.24, 2.45) is 5.92 Å². The molecule has 0 radical (unpaired) electrons. The summed E-state index contributed by atoms with van der Waals surface area (Å²) in [5, 5.41) is 5.62. The molecule has 5 heteroatoms. The number of hydrogen-bond donors (Lipinski definition) is 2. The number of ether oxygens (including phenoxy) is 1. The molecule has 2 rings (SSSR count). The summed E-state index contributed by atoms with van der Waals surface area (Å²) in [5.41, 5.74) is 0.732. The first-order valence-corrected chi connectivity index (χ1v) is 7.00. The van der Waals surface area contributed by atoms with Crippen LogP contribution in [0.1, 0.15) is 26.2 Å². The number of carbonyl (C=O) groups is 2. The topological polar surface area (TPSA) is 67.4 Å². The van der Waals surface area contributed by atoms with Gasteiger partial charge in [0.1, 0.15) is 0 Å². The van der Waals surface area contributed by atoms with Crippen molar-refractivity contribution >= 4 is 17.7 Å². The maximum atomic E-state index is 11.9. The van der Waals surface area contributed by atoms with Gasteiger partial charge in [-0.25, -0.2) is 4.79 Å². The van der Waals surface area contributed by atoms with E-state index in [2.05, 4.69) is 10.6 Å². The lowest BCUT2D eigenvalue weighted by atomic mass is 10.0. The van der Waals surface area contributed by atoms with Crippen LogP contribution in [0, 0.1) is 5.92 Å². The van der Waals surface area contributed by atoms with Gasteiger partial charge in [0.25, 0.3) is 0 Å². The van der Waals surface area contributed by atoms with Crippen molar-refractivity contribution in [3.05, 3.63) is 30.3 Å². The Hall–Kier alpha value is -2.04.